The zero-order valence-corrected chi connectivity index (χ0v) is 15.7. The van der Waals surface area contributed by atoms with Crippen molar-refractivity contribution in [2.75, 3.05) is 31.1 Å². The average molecular weight is 359 g/mol. The fourth-order valence-electron chi connectivity index (χ4n) is 4.06. The molecule has 2 heterocycles. The van der Waals surface area contributed by atoms with Gasteiger partial charge in [0.1, 0.15) is 5.75 Å². The maximum atomic E-state index is 13.1. The number of hydrogen-bond donors (Lipinski definition) is 1. The highest BCUT2D eigenvalue weighted by atomic mass is 16.5. The van der Waals surface area contributed by atoms with Gasteiger partial charge in [0.05, 0.1) is 18.2 Å². The van der Waals surface area contributed by atoms with Crippen molar-refractivity contribution < 1.29 is 14.3 Å². The number of nitrogens with two attached hydrogens (primary N) is 1. The van der Waals surface area contributed by atoms with E-state index in [-0.39, 0.29) is 30.2 Å². The van der Waals surface area contributed by atoms with Crippen LogP contribution in [0, 0.1) is 11.8 Å². The Morgan fingerprint density at radius 2 is 2.12 bits per heavy atom. The molecule has 142 valence electrons. The zero-order valence-electron chi connectivity index (χ0n) is 15.7. The molecule has 1 aromatic carbocycles. The van der Waals surface area contributed by atoms with Crippen LogP contribution in [-0.4, -0.2) is 49.0 Å². The molecule has 2 amide bonds. The van der Waals surface area contributed by atoms with E-state index in [4.69, 9.17) is 10.5 Å². The molecule has 2 aliphatic rings. The number of rotatable bonds is 5. The van der Waals surface area contributed by atoms with Crippen molar-refractivity contribution in [1.29, 1.82) is 0 Å². The molecule has 2 fully saturated rings. The Balaban J connectivity index is 1.74. The summed E-state index contributed by atoms with van der Waals surface area (Å²) in [6.45, 7) is 6.28. The molecule has 3 rings (SSSR count). The maximum Gasteiger partial charge on any atom is 0.228 e. The molecule has 0 spiro atoms. The van der Waals surface area contributed by atoms with E-state index in [0.717, 1.165) is 25.1 Å². The predicted octanol–water partition coefficient (Wildman–Crippen LogP) is 2.02. The van der Waals surface area contributed by atoms with Crippen molar-refractivity contribution in [2.45, 2.75) is 39.2 Å². The second-order valence-electron chi connectivity index (χ2n) is 7.36. The van der Waals surface area contributed by atoms with Crippen molar-refractivity contribution in [3.8, 4) is 5.75 Å². The van der Waals surface area contributed by atoms with Crippen LogP contribution in [0.15, 0.2) is 24.3 Å². The molecule has 0 aromatic heterocycles. The summed E-state index contributed by atoms with van der Waals surface area (Å²) in [6, 6.07) is 7.60. The SMILES string of the molecule is CCOc1ccccc1N1CC(C(=O)N2CCC(C)CC2CN)CC1=O. The molecular formula is C20H29N3O3. The molecule has 1 aromatic rings. The minimum absolute atomic E-state index is 0.0230. The van der Waals surface area contributed by atoms with Gasteiger partial charge in [-0.05, 0) is 37.8 Å². The van der Waals surface area contributed by atoms with Crippen LogP contribution < -0.4 is 15.4 Å². The third-order valence-corrected chi connectivity index (χ3v) is 5.46. The van der Waals surface area contributed by atoms with Gasteiger partial charge in [-0.15, -0.1) is 0 Å². The Labute approximate surface area is 155 Å². The van der Waals surface area contributed by atoms with E-state index in [1.54, 1.807) is 4.90 Å². The summed E-state index contributed by atoms with van der Waals surface area (Å²) in [6.07, 6.45) is 2.20. The van der Waals surface area contributed by atoms with Gasteiger partial charge < -0.3 is 20.3 Å². The third-order valence-electron chi connectivity index (χ3n) is 5.46. The number of carbonyl (C=O) groups excluding carboxylic acids is 2. The maximum absolute atomic E-state index is 13.1. The third kappa shape index (κ3) is 3.70. The highest BCUT2D eigenvalue weighted by Gasteiger charge is 2.40. The summed E-state index contributed by atoms with van der Waals surface area (Å²) < 4.78 is 5.65. The van der Waals surface area contributed by atoms with E-state index in [0.29, 0.717) is 31.4 Å². The molecule has 6 heteroatoms. The summed E-state index contributed by atoms with van der Waals surface area (Å²) in [5, 5.41) is 0. The van der Waals surface area contributed by atoms with E-state index in [9.17, 15) is 9.59 Å². The second-order valence-corrected chi connectivity index (χ2v) is 7.36. The van der Waals surface area contributed by atoms with Crippen molar-refractivity contribution in [3.05, 3.63) is 24.3 Å². The van der Waals surface area contributed by atoms with Crippen LogP contribution in [0.4, 0.5) is 5.69 Å². The van der Waals surface area contributed by atoms with E-state index in [1.807, 2.05) is 36.1 Å². The lowest BCUT2D eigenvalue weighted by Gasteiger charge is -2.39. The number of anilines is 1. The zero-order chi connectivity index (χ0) is 18.7. The van der Waals surface area contributed by atoms with Crippen LogP contribution in [0.25, 0.3) is 0 Å². The number of hydrogen-bond acceptors (Lipinski definition) is 4. The summed E-state index contributed by atoms with van der Waals surface area (Å²) in [4.78, 5) is 29.3. The Hall–Kier alpha value is -2.08. The molecule has 2 aliphatic heterocycles. The lowest BCUT2D eigenvalue weighted by molar-refractivity contribution is -0.139. The molecule has 2 N–H and O–H groups in total. The Morgan fingerprint density at radius 1 is 1.35 bits per heavy atom. The second kappa shape index (κ2) is 8.08. The molecule has 0 radical (unpaired) electrons. The molecule has 6 nitrogen and oxygen atoms in total. The summed E-state index contributed by atoms with van der Waals surface area (Å²) in [5.41, 5.74) is 6.65. The molecule has 0 bridgehead atoms. The fraction of sp³-hybridized carbons (Fsp3) is 0.600. The standard InChI is InChI=1S/C20H29N3O3/c1-3-26-18-7-5-4-6-17(18)23-13-15(11-19(23)24)20(25)22-9-8-14(2)10-16(22)12-21/h4-7,14-16H,3,8-13,21H2,1-2H3. The van der Waals surface area contributed by atoms with Gasteiger partial charge in [0.2, 0.25) is 11.8 Å². The van der Waals surface area contributed by atoms with Crippen molar-refractivity contribution in [1.82, 2.24) is 4.90 Å². The minimum Gasteiger partial charge on any atom is -0.492 e. The van der Waals surface area contributed by atoms with Gasteiger partial charge in [0.15, 0.2) is 0 Å². The van der Waals surface area contributed by atoms with Gasteiger partial charge in [0, 0.05) is 32.1 Å². The number of benzene rings is 1. The minimum atomic E-state index is -0.306. The number of piperidine rings is 1. The smallest absolute Gasteiger partial charge is 0.228 e. The number of nitrogens with zero attached hydrogens (tertiary/aromatic N) is 2. The Kier molecular flexibility index (Phi) is 5.81. The highest BCUT2D eigenvalue weighted by Crippen LogP contribution is 2.34. The van der Waals surface area contributed by atoms with E-state index < -0.39 is 0 Å². The van der Waals surface area contributed by atoms with Crippen LogP contribution in [0.3, 0.4) is 0 Å². The van der Waals surface area contributed by atoms with Gasteiger partial charge in [-0.1, -0.05) is 19.1 Å². The van der Waals surface area contributed by atoms with E-state index in [1.165, 1.54) is 0 Å². The first-order chi connectivity index (χ1) is 12.5. The number of amides is 2. The topological polar surface area (TPSA) is 75.9 Å². The number of likely N-dealkylation sites (tertiary alicyclic amines) is 1. The van der Waals surface area contributed by atoms with Crippen molar-refractivity contribution in [3.63, 3.8) is 0 Å². The summed E-state index contributed by atoms with van der Waals surface area (Å²) in [7, 11) is 0. The van der Waals surface area contributed by atoms with Crippen molar-refractivity contribution >= 4 is 17.5 Å². The number of ether oxygens (including phenoxy) is 1. The number of carbonyl (C=O) groups is 2. The van der Waals surface area contributed by atoms with Crippen LogP contribution in [0.1, 0.15) is 33.1 Å². The largest absolute Gasteiger partial charge is 0.492 e. The monoisotopic (exact) mass is 359 g/mol. The lowest BCUT2D eigenvalue weighted by atomic mass is 9.91. The van der Waals surface area contributed by atoms with E-state index >= 15 is 0 Å². The molecule has 0 saturated carbocycles. The Bertz CT molecular complexity index is 663. The molecular weight excluding hydrogens is 330 g/mol. The molecule has 0 aliphatic carbocycles. The first kappa shape index (κ1) is 18.7. The summed E-state index contributed by atoms with van der Waals surface area (Å²) >= 11 is 0. The Morgan fingerprint density at radius 3 is 2.85 bits per heavy atom. The van der Waals surface area contributed by atoms with Gasteiger partial charge in [0.25, 0.3) is 0 Å². The molecule has 2 saturated heterocycles. The van der Waals surface area contributed by atoms with Gasteiger partial charge >= 0.3 is 0 Å². The summed E-state index contributed by atoms with van der Waals surface area (Å²) in [5.74, 6) is 1.01. The quantitative estimate of drug-likeness (QED) is 0.873. The molecule has 3 unspecified atom stereocenters. The predicted molar refractivity (Wildman–Crippen MR) is 101 cm³/mol. The molecule has 26 heavy (non-hydrogen) atoms. The van der Waals surface area contributed by atoms with Gasteiger partial charge in [-0.3, -0.25) is 9.59 Å². The first-order valence-corrected chi connectivity index (χ1v) is 9.57. The van der Waals surface area contributed by atoms with Crippen LogP contribution in [0.5, 0.6) is 5.75 Å². The van der Waals surface area contributed by atoms with Crippen LogP contribution in [-0.2, 0) is 9.59 Å². The van der Waals surface area contributed by atoms with Crippen LogP contribution >= 0.6 is 0 Å². The number of para-hydroxylation sites is 2. The fourth-order valence-corrected chi connectivity index (χ4v) is 4.06. The van der Waals surface area contributed by atoms with Crippen LogP contribution in [0.2, 0.25) is 0 Å². The normalized spacial score (nSPS) is 26.3. The van der Waals surface area contributed by atoms with Gasteiger partial charge in [-0.2, -0.15) is 0 Å². The van der Waals surface area contributed by atoms with Gasteiger partial charge in [-0.25, -0.2) is 0 Å². The highest BCUT2D eigenvalue weighted by molar-refractivity contribution is 6.01. The average Bonchev–Trinajstić information content (AvgIpc) is 3.03. The van der Waals surface area contributed by atoms with E-state index in [2.05, 4.69) is 6.92 Å². The first-order valence-electron chi connectivity index (χ1n) is 9.57. The molecule has 3 atom stereocenters. The lowest BCUT2D eigenvalue weighted by Crippen LogP contribution is -2.51. The van der Waals surface area contributed by atoms with Crippen molar-refractivity contribution in [2.24, 2.45) is 17.6 Å².